The van der Waals surface area contributed by atoms with Crippen molar-refractivity contribution in [1.29, 1.82) is 0 Å². The molecule has 0 radical (unpaired) electrons. The summed E-state index contributed by atoms with van der Waals surface area (Å²) in [6.07, 6.45) is 1.71. The molecular weight excluding hydrogens is 576 g/mol. The van der Waals surface area contributed by atoms with E-state index in [0.29, 0.717) is 21.7 Å². The molecule has 7 rings (SSSR count). The number of rotatable bonds is 3. The average molecular weight is 596 g/mol. The third-order valence-corrected chi connectivity index (χ3v) is 8.98. The number of halogens is 2. The lowest BCUT2D eigenvalue weighted by molar-refractivity contribution is 0.0586. The maximum atomic E-state index is 14.7. The Kier molecular flexibility index (Phi) is 5.48. The van der Waals surface area contributed by atoms with E-state index in [-0.39, 0.29) is 17.3 Å². The maximum Gasteiger partial charge on any atom is 0.187 e. The Balaban J connectivity index is 1.55. The van der Waals surface area contributed by atoms with Gasteiger partial charge in [-0.2, -0.15) is 5.10 Å². The van der Waals surface area contributed by atoms with Gasteiger partial charge in [-0.1, -0.05) is 88.2 Å². The molecule has 1 fully saturated rings. The van der Waals surface area contributed by atoms with Crippen LogP contribution in [0.1, 0.15) is 59.7 Å². The smallest absolute Gasteiger partial charge is 0.187 e. The minimum atomic E-state index is -1.59. The Hall–Kier alpha value is -3.87. The van der Waals surface area contributed by atoms with Crippen LogP contribution in [0.5, 0.6) is 0 Å². The summed E-state index contributed by atoms with van der Waals surface area (Å²) in [7, 11) is 0. The fourth-order valence-corrected chi connectivity index (χ4v) is 6.99. The van der Waals surface area contributed by atoms with Crippen LogP contribution in [0.25, 0.3) is 0 Å². The summed E-state index contributed by atoms with van der Waals surface area (Å²) in [5.74, 6) is -1.57. The number of ketones is 3. The first-order chi connectivity index (χ1) is 18.9. The molecule has 0 amide bonds. The highest BCUT2D eigenvalue weighted by Gasteiger charge is 2.72. The molecule has 2 heterocycles. The molecule has 7 heteroatoms. The first kappa shape index (κ1) is 24.2. The monoisotopic (exact) mass is 594 g/mol. The predicted octanol–water partition coefficient (Wildman–Crippen LogP) is 6.91. The highest BCUT2D eigenvalue weighted by Crippen LogP contribution is 2.64. The van der Waals surface area contributed by atoms with Crippen LogP contribution >= 0.6 is 27.5 Å². The van der Waals surface area contributed by atoms with Gasteiger partial charge in [-0.05, 0) is 53.1 Å². The van der Waals surface area contributed by atoms with Crippen molar-refractivity contribution in [2.45, 2.75) is 18.0 Å². The summed E-state index contributed by atoms with van der Waals surface area (Å²) in [6.45, 7) is 0. The molecular formula is C32H20BrClN2O3. The van der Waals surface area contributed by atoms with Crippen LogP contribution in [0.3, 0.4) is 0 Å². The molecule has 1 saturated heterocycles. The van der Waals surface area contributed by atoms with Crippen LogP contribution in [-0.2, 0) is 0 Å². The molecule has 1 spiro atoms. The molecule has 0 aromatic heterocycles. The van der Waals surface area contributed by atoms with E-state index in [9.17, 15) is 14.4 Å². The van der Waals surface area contributed by atoms with Crippen molar-refractivity contribution in [3.8, 4) is 0 Å². The number of nitrogens with zero attached hydrogens (tertiary/aromatic N) is 2. The van der Waals surface area contributed by atoms with Gasteiger partial charge in [0.2, 0.25) is 0 Å². The lowest BCUT2D eigenvalue weighted by Gasteiger charge is -2.36. The minimum absolute atomic E-state index is 0.227. The molecule has 0 saturated carbocycles. The van der Waals surface area contributed by atoms with Gasteiger partial charge in [-0.3, -0.25) is 19.4 Å². The maximum absolute atomic E-state index is 14.7. The van der Waals surface area contributed by atoms with Gasteiger partial charge in [-0.25, -0.2) is 0 Å². The minimum Gasteiger partial charge on any atom is -0.293 e. The first-order valence-corrected chi connectivity index (χ1v) is 13.7. The van der Waals surface area contributed by atoms with Crippen molar-refractivity contribution in [3.63, 3.8) is 0 Å². The Labute approximate surface area is 238 Å². The van der Waals surface area contributed by atoms with E-state index in [4.69, 9.17) is 16.7 Å². The number of hydrogen-bond acceptors (Lipinski definition) is 5. The summed E-state index contributed by atoms with van der Waals surface area (Å²) in [5, 5.41) is 6.98. The van der Waals surface area contributed by atoms with Crippen molar-refractivity contribution in [3.05, 3.63) is 140 Å². The zero-order valence-corrected chi connectivity index (χ0v) is 22.8. The summed E-state index contributed by atoms with van der Waals surface area (Å²) >= 11 is 9.63. The molecule has 1 aliphatic carbocycles. The lowest BCUT2D eigenvalue weighted by Crippen LogP contribution is -2.43. The molecule has 190 valence electrons. The Morgan fingerprint density at radius 1 is 0.821 bits per heavy atom. The zero-order chi connectivity index (χ0) is 26.9. The number of benzene rings is 4. The van der Waals surface area contributed by atoms with Gasteiger partial charge in [0.1, 0.15) is 11.5 Å². The van der Waals surface area contributed by atoms with Gasteiger partial charge >= 0.3 is 0 Å². The summed E-state index contributed by atoms with van der Waals surface area (Å²) in [5.41, 5.74) is 1.97. The van der Waals surface area contributed by atoms with E-state index < -0.39 is 23.4 Å². The molecule has 5 nitrogen and oxygen atoms in total. The lowest BCUT2D eigenvalue weighted by atomic mass is 9.63. The predicted molar refractivity (Wildman–Crippen MR) is 153 cm³/mol. The van der Waals surface area contributed by atoms with Crippen molar-refractivity contribution in [2.75, 3.05) is 0 Å². The molecule has 0 N–H and O–H groups in total. The van der Waals surface area contributed by atoms with E-state index in [0.717, 1.165) is 21.2 Å². The van der Waals surface area contributed by atoms with Crippen LogP contribution in [0.2, 0.25) is 5.02 Å². The van der Waals surface area contributed by atoms with Crippen molar-refractivity contribution >= 4 is 51.1 Å². The van der Waals surface area contributed by atoms with Crippen LogP contribution in [0, 0.1) is 5.41 Å². The SMILES string of the molecule is O=C(c1ccc(Cl)cc1)[C@@H]1[C@@H](c2ccc(Br)cc2)C2(C(=O)c3ccccc3C2=O)[C@H]2c3ccccc3C=NN12. The van der Waals surface area contributed by atoms with E-state index in [1.54, 1.807) is 59.8 Å². The van der Waals surface area contributed by atoms with Crippen LogP contribution in [0.4, 0.5) is 0 Å². The van der Waals surface area contributed by atoms with Crippen LogP contribution < -0.4 is 0 Å². The molecule has 39 heavy (non-hydrogen) atoms. The quantitative estimate of drug-likeness (QED) is 0.191. The molecule has 3 aliphatic rings. The molecule has 3 atom stereocenters. The van der Waals surface area contributed by atoms with Gasteiger partial charge < -0.3 is 0 Å². The van der Waals surface area contributed by atoms with Crippen LogP contribution in [-0.4, -0.2) is 34.6 Å². The number of carbonyl (C=O) groups excluding carboxylic acids is 3. The summed E-state index contributed by atoms with van der Waals surface area (Å²) in [4.78, 5) is 43.7. The van der Waals surface area contributed by atoms with Crippen molar-refractivity contribution in [2.24, 2.45) is 10.5 Å². The van der Waals surface area contributed by atoms with Crippen molar-refractivity contribution < 1.29 is 14.4 Å². The van der Waals surface area contributed by atoms with E-state index >= 15 is 0 Å². The third kappa shape index (κ3) is 3.31. The second kappa shape index (κ2) is 8.83. The largest absolute Gasteiger partial charge is 0.293 e. The highest BCUT2D eigenvalue weighted by atomic mass is 79.9. The molecule has 4 aromatic rings. The number of carbonyl (C=O) groups is 3. The van der Waals surface area contributed by atoms with Crippen LogP contribution in [0.15, 0.2) is 107 Å². The molecule has 2 aliphatic heterocycles. The van der Waals surface area contributed by atoms with Gasteiger partial charge in [-0.15, -0.1) is 0 Å². The number of hydrazone groups is 1. The second-order valence-corrected chi connectivity index (χ2v) is 11.4. The highest BCUT2D eigenvalue weighted by molar-refractivity contribution is 9.10. The standard InChI is InChI=1S/C32H20BrClN2O3/c33-21-13-9-18(10-14-21)26-27(28(37)19-11-15-22(34)16-12-19)36-29(23-6-2-1-5-20(23)17-35-36)32(26)30(38)24-7-3-4-8-25(24)31(32)39/h1-17,26-27,29H/t26-,27+,29-/m1/s1. The van der Waals surface area contributed by atoms with E-state index in [1.165, 1.54) is 0 Å². The van der Waals surface area contributed by atoms with Gasteiger partial charge in [0.15, 0.2) is 17.3 Å². The Morgan fingerprint density at radius 3 is 2.10 bits per heavy atom. The van der Waals surface area contributed by atoms with Gasteiger partial charge in [0, 0.05) is 32.1 Å². The summed E-state index contributed by atoms with van der Waals surface area (Å²) < 4.78 is 0.854. The number of fused-ring (bicyclic) bond motifs is 5. The third-order valence-electron chi connectivity index (χ3n) is 8.20. The Morgan fingerprint density at radius 2 is 1.44 bits per heavy atom. The first-order valence-electron chi connectivity index (χ1n) is 12.6. The average Bonchev–Trinajstić information content (AvgIpc) is 3.40. The molecule has 0 unspecified atom stereocenters. The zero-order valence-electron chi connectivity index (χ0n) is 20.4. The number of Topliss-reactive ketones (excluding diaryl/α,β-unsaturated/α-hetero) is 3. The summed E-state index contributed by atoms with van der Waals surface area (Å²) in [6, 6.07) is 27.1. The Bertz CT molecular complexity index is 1680. The fraction of sp³-hybridized carbons (Fsp3) is 0.125. The fourth-order valence-electron chi connectivity index (χ4n) is 6.60. The number of hydrogen-bond donors (Lipinski definition) is 0. The molecule has 0 bridgehead atoms. The van der Waals surface area contributed by atoms with E-state index in [1.807, 2.05) is 48.5 Å². The molecule has 4 aromatic carbocycles. The van der Waals surface area contributed by atoms with Gasteiger partial charge in [0.25, 0.3) is 0 Å². The van der Waals surface area contributed by atoms with Gasteiger partial charge in [0.05, 0.1) is 12.3 Å². The van der Waals surface area contributed by atoms with E-state index in [2.05, 4.69) is 15.9 Å². The van der Waals surface area contributed by atoms with Crippen molar-refractivity contribution in [1.82, 2.24) is 5.01 Å². The topological polar surface area (TPSA) is 66.8 Å². The normalized spacial score (nSPS) is 22.1. The second-order valence-electron chi connectivity index (χ2n) is 10.1.